The number of rotatable bonds is 1. The summed E-state index contributed by atoms with van der Waals surface area (Å²) in [6, 6.07) is 12.0. The van der Waals surface area contributed by atoms with Crippen LogP contribution in [0.3, 0.4) is 0 Å². The molecule has 3 nitrogen and oxygen atoms in total. The van der Waals surface area contributed by atoms with Crippen molar-refractivity contribution in [1.29, 1.82) is 0 Å². The number of nitrogens with zero attached hydrogens (tertiary/aromatic N) is 1. The summed E-state index contributed by atoms with van der Waals surface area (Å²) in [5.41, 5.74) is 3.87. The fourth-order valence-electron chi connectivity index (χ4n) is 2.35. The van der Waals surface area contributed by atoms with E-state index in [0.717, 1.165) is 11.3 Å². The molecule has 0 aliphatic carbocycles. The summed E-state index contributed by atoms with van der Waals surface area (Å²) in [5.74, 6) is 0. The van der Waals surface area contributed by atoms with Crippen LogP contribution in [0.5, 0.6) is 0 Å². The van der Waals surface area contributed by atoms with Gasteiger partial charge in [-0.1, -0.05) is 45.0 Å². The van der Waals surface area contributed by atoms with Crippen molar-refractivity contribution >= 4 is 5.52 Å². The molecule has 0 spiro atoms. The van der Waals surface area contributed by atoms with Crippen molar-refractivity contribution < 1.29 is 0 Å². The molecule has 102 valence electrons. The summed E-state index contributed by atoms with van der Waals surface area (Å²) in [6.07, 6.45) is 3.83. The number of aromatic nitrogens is 2. The Morgan fingerprint density at radius 1 is 1.05 bits per heavy atom. The van der Waals surface area contributed by atoms with E-state index in [1.165, 1.54) is 5.56 Å². The molecule has 0 aliphatic heterocycles. The Kier molecular flexibility index (Phi) is 2.78. The Hall–Kier alpha value is -2.29. The Morgan fingerprint density at radius 3 is 2.40 bits per heavy atom. The summed E-state index contributed by atoms with van der Waals surface area (Å²) in [5, 5.41) is 0. The van der Waals surface area contributed by atoms with E-state index in [1.807, 2.05) is 28.9 Å². The van der Waals surface area contributed by atoms with Gasteiger partial charge in [0.05, 0.1) is 5.69 Å². The third kappa shape index (κ3) is 2.16. The fourth-order valence-corrected chi connectivity index (χ4v) is 2.35. The van der Waals surface area contributed by atoms with Crippen LogP contribution in [-0.2, 0) is 5.41 Å². The summed E-state index contributed by atoms with van der Waals surface area (Å²) in [4.78, 5) is 14.9. The van der Waals surface area contributed by atoms with Crippen molar-refractivity contribution in [2.45, 2.75) is 26.2 Å². The van der Waals surface area contributed by atoms with Crippen molar-refractivity contribution in [1.82, 2.24) is 9.38 Å². The number of H-pyrrole nitrogens is 1. The van der Waals surface area contributed by atoms with Gasteiger partial charge in [-0.15, -0.1) is 0 Å². The Morgan fingerprint density at radius 2 is 1.75 bits per heavy atom. The van der Waals surface area contributed by atoms with Crippen molar-refractivity contribution in [3.8, 4) is 11.3 Å². The number of aromatic amines is 1. The molecule has 1 aromatic carbocycles. The molecule has 0 unspecified atom stereocenters. The summed E-state index contributed by atoms with van der Waals surface area (Å²) < 4.78 is 1.85. The highest BCUT2D eigenvalue weighted by Crippen LogP contribution is 2.25. The van der Waals surface area contributed by atoms with E-state index in [9.17, 15) is 4.79 Å². The Labute approximate surface area is 117 Å². The standard InChI is InChI=1S/C17H18N2O/c1-17(2,3)13-8-6-12(7-9-13)14-11-19-10-4-5-15(19)16(20)18-14/h4-11H,1-3H3,(H,18,20). The third-order valence-electron chi connectivity index (χ3n) is 3.59. The van der Waals surface area contributed by atoms with Crippen molar-refractivity contribution in [3.63, 3.8) is 0 Å². The molecule has 3 rings (SSSR count). The molecule has 1 N–H and O–H groups in total. The van der Waals surface area contributed by atoms with E-state index in [4.69, 9.17) is 0 Å². The molecule has 0 amide bonds. The highest BCUT2D eigenvalue weighted by molar-refractivity contribution is 5.61. The zero-order valence-electron chi connectivity index (χ0n) is 12.0. The lowest BCUT2D eigenvalue weighted by Crippen LogP contribution is -2.11. The Bertz CT molecular complexity index is 801. The minimum atomic E-state index is -0.0626. The average Bonchev–Trinajstić information content (AvgIpc) is 2.86. The molecule has 0 saturated carbocycles. The molecule has 3 aromatic rings. The smallest absolute Gasteiger partial charge is 0.272 e. The van der Waals surface area contributed by atoms with Crippen LogP contribution in [0, 0.1) is 0 Å². The first-order valence-corrected chi connectivity index (χ1v) is 6.76. The second kappa shape index (κ2) is 4.37. The first kappa shape index (κ1) is 12.7. The maximum absolute atomic E-state index is 12.0. The van der Waals surface area contributed by atoms with Gasteiger partial charge in [-0.2, -0.15) is 0 Å². The van der Waals surface area contributed by atoms with Crippen LogP contribution in [0.4, 0.5) is 0 Å². The number of nitrogens with one attached hydrogen (secondary N) is 1. The van der Waals surface area contributed by atoms with Crippen LogP contribution >= 0.6 is 0 Å². The van der Waals surface area contributed by atoms with Crippen LogP contribution in [0.25, 0.3) is 16.8 Å². The van der Waals surface area contributed by atoms with Gasteiger partial charge in [0.1, 0.15) is 5.52 Å². The van der Waals surface area contributed by atoms with E-state index in [2.05, 4.69) is 50.0 Å². The van der Waals surface area contributed by atoms with Gasteiger partial charge in [-0.25, -0.2) is 0 Å². The maximum Gasteiger partial charge on any atom is 0.272 e. The van der Waals surface area contributed by atoms with Gasteiger partial charge in [-0.3, -0.25) is 4.79 Å². The molecule has 3 heteroatoms. The fraction of sp³-hybridized carbons (Fsp3) is 0.235. The van der Waals surface area contributed by atoms with E-state index >= 15 is 0 Å². The molecule has 2 aromatic heterocycles. The highest BCUT2D eigenvalue weighted by Gasteiger charge is 2.13. The minimum Gasteiger partial charge on any atom is -0.319 e. The number of fused-ring (bicyclic) bond motifs is 1. The zero-order chi connectivity index (χ0) is 14.3. The van der Waals surface area contributed by atoms with E-state index in [1.54, 1.807) is 0 Å². The van der Waals surface area contributed by atoms with Crippen LogP contribution in [0.2, 0.25) is 0 Å². The van der Waals surface area contributed by atoms with Crippen molar-refractivity contribution in [2.24, 2.45) is 0 Å². The van der Waals surface area contributed by atoms with Crippen LogP contribution in [-0.4, -0.2) is 9.38 Å². The lowest BCUT2D eigenvalue weighted by molar-refractivity contribution is 0.590. The quantitative estimate of drug-likeness (QED) is 0.718. The monoisotopic (exact) mass is 266 g/mol. The molecule has 0 radical (unpaired) electrons. The van der Waals surface area contributed by atoms with E-state index in [0.29, 0.717) is 5.52 Å². The van der Waals surface area contributed by atoms with Crippen LogP contribution < -0.4 is 5.56 Å². The van der Waals surface area contributed by atoms with Gasteiger partial charge in [0, 0.05) is 12.4 Å². The zero-order valence-corrected chi connectivity index (χ0v) is 12.0. The molecule has 0 aliphatic rings. The van der Waals surface area contributed by atoms with Crippen LogP contribution in [0.1, 0.15) is 26.3 Å². The largest absolute Gasteiger partial charge is 0.319 e. The van der Waals surface area contributed by atoms with Crippen LogP contribution in [0.15, 0.2) is 53.6 Å². The minimum absolute atomic E-state index is 0.0626. The first-order valence-electron chi connectivity index (χ1n) is 6.76. The highest BCUT2D eigenvalue weighted by atomic mass is 16.1. The molecule has 20 heavy (non-hydrogen) atoms. The number of hydrogen-bond acceptors (Lipinski definition) is 1. The Balaban J connectivity index is 2.09. The number of benzene rings is 1. The average molecular weight is 266 g/mol. The summed E-state index contributed by atoms with van der Waals surface area (Å²) >= 11 is 0. The first-order chi connectivity index (χ1) is 9.45. The van der Waals surface area contributed by atoms with Crippen molar-refractivity contribution in [3.05, 3.63) is 64.7 Å². The summed E-state index contributed by atoms with van der Waals surface area (Å²) in [6.45, 7) is 6.57. The number of hydrogen-bond donors (Lipinski definition) is 1. The molecule has 2 heterocycles. The molecule has 0 bridgehead atoms. The topological polar surface area (TPSA) is 37.3 Å². The SMILES string of the molecule is CC(C)(C)c1ccc(-c2cn3cccc3c(=O)[nH]2)cc1. The summed E-state index contributed by atoms with van der Waals surface area (Å²) in [7, 11) is 0. The van der Waals surface area contributed by atoms with Gasteiger partial charge in [0.15, 0.2) is 0 Å². The molecule has 0 atom stereocenters. The van der Waals surface area contributed by atoms with Gasteiger partial charge >= 0.3 is 0 Å². The second-order valence-corrected chi connectivity index (χ2v) is 6.12. The molecule has 0 saturated heterocycles. The van der Waals surface area contributed by atoms with Gasteiger partial charge < -0.3 is 9.38 Å². The molecule has 0 fully saturated rings. The van der Waals surface area contributed by atoms with Gasteiger partial charge in [0.25, 0.3) is 5.56 Å². The predicted molar refractivity (Wildman–Crippen MR) is 82.2 cm³/mol. The van der Waals surface area contributed by atoms with E-state index in [-0.39, 0.29) is 11.0 Å². The second-order valence-electron chi connectivity index (χ2n) is 6.12. The molecular formula is C17H18N2O. The van der Waals surface area contributed by atoms with Gasteiger partial charge in [0.2, 0.25) is 0 Å². The predicted octanol–water partition coefficient (Wildman–Crippen LogP) is 3.59. The lowest BCUT2D eigenvalue weighted by atomic mass is 9.86. The molecular weight excluding hydrogens is 248 g/mol. The van der Waals surface area contributed by atoms with Gasteiger partial charge in [-0.05, 0) is 28.7 Å². The third-order valence-corrected chi connectivity index (χ3v) is 3.59. The maximum atomic E-state index is 12.0. The lowest BCUT2D eigenvalue weighted by Gasteiger charge is -2.19. The normalized spacial score (nSPS) is 11.9. The van der Waals surface area contributed by atoms with E-state index < -0.39 is 0 Å². The van der Waals surface area contributed by atoms with Crippen molar-refractivity contribution in [2.75, 3.05) is 0 Å².